The lowest BCUT2D eigenvalue weighted by molar-refractivity contribution is -0.115. The number of hydrogen-bond donors (Lipinski definition) is 3. The average molecular weight is 455 g/mol. The smallest absolute Gasteiger partial charge is 0.336 e. The normalized spacial score (nSPS) is 11.4. The van der Waals surface area contributed by atoms with E-state index in [1.165, 1.54) is 23.9 Å². The molecule has 8 heteroatoms. The van der Waals surface area contributed by atoms with Crippen molar-refractivity contribution in [3.8, 4) is 0 Å². The highest BCUT2D eigenvalue weighted by atomic mass is 35.5. The van der Waals surface area contributed by atoms with Crippen LogP contribution in [0.5, 0.6) is 0 Å². The minimum atomic E-state index is -1.16. The van der Waals surface area contributed by atoms with Gasteiger partial charge < -0.3 is 15.7 Å². The van der Waals surface area contributed by atoms with E-state index in [0.29, 0.717) is 16.4 Å². The number of rotatable bonds is 7. The number of carbonyl (C=O) groups excluding carboxylic acids is 2. The van der Waals surface area contributed by atoms with Gasteiger partial charge in [0.15, 0.2) is 0 Å². The van der Waals surface area contributed by atoms with Crippen LogP contribution in [0.2, 0.25) is 5.02 Å². The Bertz CT molecular complexity index is 1100. The van der Waals surface area contributed by atoms with E-state index in [4.69, 9.17) is 11.6 Å². The SMILES string of the molecule is CC(Sc1ccc(NC(=O)c2ccccc2C(=O)O)cc1)C(=O)Nc1ccc(Cl)cc1. The summed E-state index contributed by atoms with van der Waals surface area (Å²) in [5.74, 6) is -1.81. The number of halogens is 1. The summed E-state index contributed by atoms with van der Waals surface area (Å²) >= 11 is 7.23. The highest BCUT2D eigenvalue weighted by Crippen LogP contribution is 2.26. The summed E-state index contributed by atoms with van der Waals surface area (Å²) in [5, 5.41) is 15.0. The van der Waals surface area contributed by atoms with Crippen LogP contribution in [-0.4, -0.2) is 28.1 Å². The van der Waals surface area contributed by atoms with Crippen LogP contribution in [0.3, 0.4) is 0 Å². The van der Waals surface area contributed by atoms with E-state index in [9.17, 15) is 19.5 Å². The lowest BCUT2D eigenvalue weighted by Crippen LogP contribution is -2.22. The van der Waals surface area contributed by atoms with Crippen molar-refractivity contribution < 1.29 is 19.5 Å². The molecule has 0 saturated carbocycles. The van der Waals surface area contributed by atoms with Crippen molar-refractivity contribution in [2.75, 3.05) is 10.6 Å². The standard InChI is InChI=1S/C23H19ClN2O4S/c1-14(21(27)25-16-8-6-15(24)7-9-16)31-18-12-10-17(11-13-18)26-22(28)19-4-2-3-5-20(19)23(29)30/h2-14H,1H3,(H,25,27)(H,26,28)(H,29,30). The quantitative estimate of drug-likeness (QED) is 0.415. The third-order valence-electron chi connectivity index (χ3n) is 4.31. The van der Waals surface area contributed by atoms with Gasteiger partial charge in [0, 0.05) is 21.3 Å². The number of aromatic carboxylic acids is 1. The van der Waals surface area contributed by atoms with Gasteiger partial charge in [0.25, 0.3) is 5.91 Å². The Hall–Kier alpha value is -3.29. The van der Waals surface area contributed by atoms with Crippen LogP contribution >= 0.6 is 23.4 Å². The minimum absolute atomic E-state index is 0.0623. The maximum Gasteiger partial charge on any atom is 0.336 e. The molecule has 0 aliphatic heterocycles. The zero-order chi connectivity index (χ0) is 22.4. The van der Waals surface area contributed by atoms with Gasteiger partial charge in [0.05, 0.1) is 16.4 Å². The average Bonchev–Trinajstić information content (AvgIpc) is 2.76. The van der Waals surface area contributed by atoms with Crippen LogP contribution in [0.25, 0.3) is 0 Å². The molecule has 31 heavy (non-hydrogen) atoms. The van der Waals surface area contributed by atoms with Gasteiger partial charge in [-0.05, 0) is 67.6 Å². The Morgan fingerprint density at radius 1 is 0.839 bits per heavy atom. The number of hydrogen-bond acceptors (Lipinski definition) is 4. The summed E-state index contributed by atoms with van der Waals surface area (Å²) in [4.78, 5) is 37.0. The van der Waals surface area contributed by atoms with Gasteiger partial charge in [-0.3, -0.25) is 9.59 Å². The molecule has 0 fully saturated rings. The van der Waals surface area contributed by atoms with Gasteiger partial charge in [0.2, 0.25) is 5.91 Å². The van der Waals surface area contributed by atoms with Crippen LogP contribution in [-0.2, 0) is 4.79 Å². The van der Waals surface area contributed by atoms with Gasteiger partial charge in [-0.25, -0.2) is 4.79 Å². The largest absolute Gasteiger partial charge is 0.478 e. The van der Waals surface area contributed by atoms with E-state index in [0.717, 1.165) is 4.90 Å². The van der Waals surface area contributed by atoms with Crippen LogP contribution in [0.15, 0.2) is 77.7 Å². The van der Waals surface area contributed by atoms with Gasteiger partial charge >= 0.3 is 5.97 Å². The lowest BCUT2D eigenvalue weighted by Gasteiger charge is -2.13. The van der Waals surface area contributed by atoms with Gasteiger partial charge in [0.1, 0.15) is 0 Å². The minimum Gasteiger partial charge on any atom is -0.478 e. The second kappa shape index (κ2) is 10.1. The summed E-state index contributed by atoms with van der Waals surface area (Å²) < 4.78 is 0. The van der Waals surface area contributed by atoms with Gasteiger partial charge in [-0.15, -0.1) is 11.8 Å². The van der Waals surface area contributed by atoms with E-state index in [2.05, 4.69) is 10.6 Å². The predicted octanol–water partition coefficient (Wildman–Crippen LogP) is 5.41. The number of benzene rings is 3. The second-order valence-corrected chi connectivity index (χ2v) is 8.44. The molecule has 2 amide bonds. The summed E-state index contributed by atoms with van der Waals surface area (Å²) in [6, 6.07) is 19.9. The molecule has 3 N–H and O–H groups in total. The second-order valence-electron chi connectivity index (χ2n) is 6.59. The van der Waals surface area contributed by atoms with Crippen LogP contribution in [0.1, 0.15) is 27.6 Å². The molecule has 0 radical (unpaired) electrons. The summed E-state index contributed by atoms with van der Waals surface area (Å²) in [5.41, 5.74) is 1.21. The maximum atomic E-state index is 12.4. The number of carboxylic acid groups (broad SMARTS) is 1. The van der Waals surface area contributed by atoms with Gasteiger partial charge in [-0.2, -0.15) is 0 Å². The van der Waals surface area contributed by atoms with Crippen molar-refractivity contribution in [2.45, 2.75) is 17.1 Å². The molecular weight excluding hydrogens is 436 g/mol. The first-order chi connectivity index (χ1) is 14.8. The Balaban J connectivity index is 1.60. The van der Waals surface area contributed by atoms with E-state index < -0.39 is 11.9 Å². The van der Waals surface area contributed by atoms with Crippen molar-refractivity contribution in [2.24, 2.45) is 0 Å². The van der Waals surface area contributed by atoms with E-state index in [1.807, 2.05) is 0 Å². The zero-order valence-corrected chi connectivity index (χ0v) is 18.0. The van der Waals surface area contributed by atoms with Crippen molar-refractivity contribution in [1.29, 1.82) is 0 Å². The predicted molar refractivity (Wildman–Crippen MR) is 123 cm³/mol. The molecule has 3 aromatic rings. The molecule has 0 spiro atoms. The Kier molecular flexibility index (Phi) is 7.33. The fraction of sp³-hybridized carbons (Fsp3) is 0.0870. The molecule has 0 aromatic heterocycles. The third kappa shape index (κ3) is 6.10. The topological polar surface area (TPSA) is 95.5 Å². The number of nitrogens with one attached hydrogen (secondary N) is 2. The van der Waals surface area contributed by atoms with Crippen molar-refractivity contribution >= 4 is 52.5 Å². The number of carbonyl (C=O) groups is 3. The summed E-state index contributed by atoms with van der Waals surface area (Å²) in [6.07, 6.45) is 0. The molecule has 3 aromatic carbocycles. The fourth-order valence-electron chi connectivity index (χ4n) is 2.72. The van der Waals surface area contributed by atoms with Gasteiger partial charge in [-0.1, -0.05) is 23.7 Å². The molecule has 1 atom stereocenters. The number of carboxylic acids is 1. The Morgan fingerprint density at radius 3 is 2.00 bits per heavy atom. The maximum absolute atomic E-state index is 12.4. The van der Waals surface area contributed by atoms with Crippen molar-refractivity contribution in [3.05, 3.63) is 88.9 Å². The highest BCUT2D eigenvalue weighted by Gasteiger charge is 2.17. The lowest BCUT2D eigenvalue weighted by atomic mass is 10.1. The molecule has 0 aliphatic rings. The summed E-state index contributed by atoms with van der Waals surface area (Å²) in [7, 11) is 0. The first kappa shape index (κ1) is 22.4. The molecule has 6 nitrogen and oxygen atoms in total. The molecule has 0 aliphatic carbocycles. The Labute approximate surface area is 188 Å². The molecule has 158 valence electrons. The number of amides is 2. The fourth-order valence-corrected chi connectivity index (χ4v) is 3.71. The zero-order valence-electron chi connectivity index (χ0n) is 16.5. The molecule has 0 heterocycles. The first-order valence-electron chi connectivity index (χ1n) is 9.30. The Morgan fingerprint density at radius 2 is 1.39 bits per heavy atom. The molecule has 1 unspecified atom stereocenters. The molecule has 0 saturated heterocycles. The number of thioether (sulfide) groups is 1. The van der Waals surface area contributed by atoms with Crippen molar-refractivity contribution in [1.82, 2.24) is 0 Å². The van der Waals surface area contributed by atoms with Crippen LogP contribution in [0, 0.1) is 0 Å². The van der Waals surface area contributed by atoms with E-state index in [1.54, 1.807) is 67.6 Å². The molecular formula is C23H19ClN2O4S. The van der Waals surface area contributed by atoms with E-state index >= 15 is 0 Å². The summed E-state index contributed by atoms with van der Waals surface area (Å²) in [6.45, 7) is 1.80. The molecule has 3 rings (SSSR count). The molecule has 0 bridgehead atoms. The highest BCUT2D eigenvalue weighted by molar-refractivity contribution is 8.00. The van der Waals surface area contributed by atoms with Crippen LogP contribution in [0.4, 0.5) is 11.4 Å². The van der Waals surface area contributed by atoms with Crippen LogP contribution < -0.4 is 10.6 Å². The monoisotopic (exact) mass is 454 g/mol. The third-order valence-corrected chi connectivity index (χ3v) is 5.67. The van der Waals surface area contributed by atoms with Crippen molar-refractivity contribution in [3.63, 3.8) is 0 Å². The number of anilines is 2. The first-order valence-corrected chi connectivity index (χ1v) is 10.6. The van der Waals surface area contributed by atoms with E-state index in [-0.39, 0.29) is 22.3 Å².